The van der Waals surface area contributed by atoms with Gasteiger partial charge in [0.15, 0.2) is 0 Å². The SMILES string of the molecule is CCCCCCCC/C=C/C/C=C/C=C/[C@H](O)CCCC(=O)O. The zero-order chi connectivity index (χ0) is 17.2. The summed E-state index contributed by atoms with van der Waals surface area (Å²) in [6, 6.07) is 0. The summed E-state index contributed by atoms with van der Waals surface area (Å²) in [5, 5.41) is 18.1. The highest BCUT2D eigenvalue weighted by Crippen LogP contribution is 2.07. The third-order valence-electron chi connectivity index (χ3n) is 3.63. The molecule has 3 nitrogen and oxygen atoms in total. The Labute approximate surface area is 141 Å². The van der Waals surface area contributed by atoms with E-state index in [0.717, 1.165) is 12.8 Å². The summed E-state index contributed by atoms with van der Waals surface area (Å²) >= 11 is 0. The Hall–Kier alpha value is -1.35. The van der Waals surface area contributed by atoms with E-state index in [4.69, 9.17) is 5.11 Å². The van der Waals surface area contributed by atoms with Gasteiger partial charge in [0.2, 0.25) is 0 Å². The Kier molecular flexibility index (Phi) is 16.0. The van der Waals surface area contributed by atoms with Crippen molar-refractivity contribution in [2.45, 2.75) is 83.7 Å². The summed E-state index contributed by atoms with van der Waals surface area (Å²) in [6.07, 6.45) is 22.6. The predicted molar refractivity (Wildman–Crippen MR) is 97.5 cm³/mol. The van der Waals surface area contributed by atoms with Crippen LogP contribution in [0, 0.1) is 0 Å². The lowest BCUT2D eigenvalue weighted by Crippen LogP contribution is -2.03. The molecule has 3 heteroatoms. The third kappa shape index (κ3) is 18.6. The predicted octanol–water partition coefficient (Wildman–Crippen LogP) is 5.41. The molecule has 0 amide bonds. The number of unbranched alkanes of at least 4 members (excludes halogenated alkanes) is 6. The van der Waals surface area contributed by atoms with Crippen LogP contribution < -0.4 is 0 Å². The Balaban J connectivity index is 3.49. The number of carboxylic acids is 1. The van der Waals surface area contributed by atoms with Crippen molar-refractivity contribution in [2.24, 2.45) is 0 Å². The van der Waals surface area contributed by atoms with Gasteiger partial charge in [-0.15, -0.1) is 0 Å². The molecule has 0 bridgehead atoms. The van der Waals surface area contributed by atoms with E-state index in [1.54, 1.807) is 6.08 Å². The molecule has 0 aromatic carbocycles. The van der Waals surface area contributed by atoms with Crippen molar-refractivity contribution in [2.75, 3.05) is 0 Å². The molecule has 0 heterocycles. The van der Waals surface area contributed by atoms with Gasteiger partial charge in [-0.25, -0.2) is 0 Å². The normalized spacial score (nSPS) is 13.5. The fourth-order valence-corrected chi connectivity index (χ4v) is 2.24. The number of aliphatic hydroxyl groups excluding tert-OH is 1. The topological polar surface area (TPSA) is 57.5 Å². The largest absolute Gasteiger partial charge is 0.481 e. The highest BCUT2D eigenvalue weighted by Gasteiger charge is 2.01. The van der Waals surface area contributed by atoms with Gasteiger partial charge in [-0.2, -0.15) is 0 Å². The van der Waals surface area contributed by atoms with E-state index in [2.05, 4.69) is 25.2 Å². The maximum atomic E-state index is 10.3. The minimum absolute atomic E-state index is 0.115. The second kappa shape index (κ2) is 17.0. The van der Waals surface area contributed by atoms with Crippen molar-refractivity contribution in [3.8, 4) is 0 Å². The first-order chi connectivity index (χ1) is 11.2. The van der Waals surface area contributed by atoms with Gasteiger partial charge in [0.25, 0.3) is 0 Å². The number of aliphatic carboxylic acids is 1. The highest BCUT2D eigenvalue weighted by atomic mass is 16.4. The van der Waals surface area contributed by atoms with Crippen LogP contribution in [0.1, 0.15) is 77.6 Å². The number of rotatable bonds is 15. The molecule has 132 valence electrons. The van der Waals surface area contributed by atoms with E-state index in [1.165, 1.54) is 38.5 Å². The van der Waals surface area contributed by atoms with Crippen molar-refractivity contribution in [3.05, 3.63) is 36.5 Å². The molecule has 0 aliphatic carbocycles. The molecule has 0 saturated carbocycles. The second-order valence-electron chi connectivity index (χ2n) is 5.93. The Morgan fingerprint density at radius 1 is 0.957 bits per heavy atom. The van der Waals surface area contributed by atoms with Gasteiger partial charge in [-0.3, -0.25) is 4.79 Å². The minimum atomic E-state index is -0.811. The van der Waals surface area contributed by atoms with Crippen molar-refractivity contribution in [1.82, 2.24) is 0 Å². The maximum Gasteiger partial charge on any atom is 0.303 e. The van der Waals surface area contributed by atoms with E-state index in [-0.39, 0.29) is 6.42 Å². The summed E-state index contributed by atoms with van der Waals surface area (Å²) in [4.78, 5) is 10.3. The summed E-state index contributed by atoms with van der Waals surface area (Å²) in [5.41, 5.74) is 0. The molecule has 0 aromatic rings. The zero-order valence-corrected chi connectivity index (χ0v) is 14.6. The van der Waals surface area contributed by atoms with E-state index in [0.29, 0.717) is 12.8 Å². The van der Waals surface area contributed by atoms with Gasteiger partial charge in [0, 0.05) is 6.42 Å². The molecule has 0 aliphatic rings. The fraction of sp³-hybridized carbons (Fsp3) is 0.650. The number of hydrogen-bond acceptors (Lipinski definition) is 2. The standard InChI is InChI=1S/C20H34O3/c1-2-3-4-5-6-7-8-9-10-11-12-13-14-16-19(21)17-15-18-20(22)23/h9-10,12-14,16,19,21H,2-8,11,15,17-18H2,1H3,(H,22,23)/b10-9+,13-12+,16-14+/t19-/m0/s1. The van der Waals surface area contributed by atoms with Crippen LogP contribution in [0.3, 0.4) is 0 Å². The first-order valence-electron chi connectivity index (χ1n) is 9.05. The number of carbonyl (C=O) groups is 1. The molecule has 1 atom stereocenters. The molecule has 0 aromatic heterocycles. The number of allylic oxidation sites excluding steroid dienone is 5. The molecule has 0 spiro atoms. The number of hydrogen-bond donors (Lipinski definition) is 2. The van der Waals surface area contributed by atoms with Gasteiger partial charge in [0.1, 0.15) is 0 Å². The Morgan fingerprint density at radius 3 is 2.43 bits per heavy atom. The van der Waals surface area contributed by atoms with Gasteiger partial charge in [0.05, 0.1) is 6.10 Å². The van der Waals surface area contributed by atoms with Crippen LogP contribution in [0.15, 0.2) is 36.5 Å². The molecule has 23 heavy (non-hydrogen) atoms. The average Bonchev–Trinajstić information content (AvgIpc) is 2.51. The van der Waals surface area contributed by atoms with E-state index >= 15 is 0 Å². The van der Waals surface area contributed by atoms with Gasteiger partial charge in [-0.1, -0.05) is 75.5 Å². The summed E-state index contributed by atoms with van der Waals surface area (Å²) in [6.45, 7) is 2.24. The van der Waals surface area contributed by atoms with Crippen LogP contribution in [0.4, 0.5) is 0 Å². The maximum absolute atomic E-state index is 10.3. The van der Waals surface area contributed by atoms with Crippen LogP contribution in [-0.2, 0) is 4.79 Å². The average molecular weight is 322 g/mol. The quantitative estimate of drug-likeness (QED) is 0.241. The number of aliphatic hydroxyl groups is 1. The molecular weight excluding hydrogens is 288 g/mol. The molecule has 0 radical (unpaired) electrons. The fourth-order valence-electron chi connectivity index (χ4n) is 2.24. The van der Waals surface area contributed by atoms with Crippen LogP contribution >= 0.6 is 0 Å². The van der Waals surface area contributed by atoms with E-state index < -0.39 is 12.1 Å². The van der Waals surface area contributed by atoms with E-state index in [1.807, 2.05) is 12.2 Å². The van der Waals surface area contributed by atoms with Crippen molar-refractivity contribution in [1.29, 1.82) is 0 Å². The minimum Gasteiger partial charge on any atom is -0.481 e. The lowest BCUT2D eigenvalue weighted by atomic mass is 10.1. The molecule has 2 N–H and O–H groups in total. The molecular formula is C20H34O3. The molecule has 0 fully saturated rings. The molecule has 0 unspecified atom stereocenters. The smallest absolute Gasteiger partial charge is 0.303 e. The number of carboxylic acid groups (broad SMARTS) is 1. The molecule has 0 saturated heterocycles. The Morgan fingerprint density at radius 2 is 1.70 bits per heavy atom. The first-order valence-corrected chi connectivity index (χ1v) is 9.05. The van der Waals surface area contributed by atoms with Crippen LogP contribution in [0.5, 0.6) is 0 Å². The third-order valence-corrected chi connectivity index (χ3v) is 3.63. The van der Waals surface area contributed by atoms with Gasteiger partial charge in [-0.05, 0) is 32.1 Å². The van der Waals surface area contributed by atoms with Gasteiger partial charge < -0.3 is 10.2 Å². The van der Waals surface area contributed by atoms with Crippen molar-refractivity contribution >= 4 is 5.97 Å². The van der Waals surface area contributed by atoms with Crippen molar-refractivity contribution in [3.63, 3.8) is 0 Å². The Bertz CT molecular complexity index is 356. The monoisotopic (exact) mass is 322 g/mol. The molecule has 0 aliphatic heterocycles. The van der Waals surface area contributed by atoms with Gasteiger partial charge >= 0.3 is 5.97 Å². The summed E-state index contributed by atoms with van der Waals surface area (Å²) < 4.78 is 0. The highest BCUT2D eigenvalue weighted by molar-refractivity contribution is 5.66. The lowest BCUT2D eigenvalue weighted by Gasteiger charge is -2.02. The lowest BCUT2D eigenvalue weighted by molar-refractivity contribution is -0.137. The van der Waals surface area contributed by atoms with Crippen LogP contribution in [0.2, 0.25) is 0 Å². The second-order valence-corrected chi connectivity index (χ2v) is 5.93. The molecule has 0 rings (SSSR count). The zero-order valence-electron chi connectivity index (χ0n) is 14.6. The first kappa shape index (κ1) is 21.6. The summed E-state index contributed by atoms with van der Waals surface area (Å²) in [5.74, 6) is -0.811. The summed E-state index contributed by atoms with van der Waals surface area (Å²) in [7, 11) is 0. The van der Waals surface area contributed by atoms with Crippen LogP contribution in [0.25, 0.3) is 0 Å². The van der Waals surface area contributed by atoms with Crippen LogP contribution in [-0.4, -0.2) is 22.3 Å². The van der Waals surface area contributed by atoms with E-state index in [9.17, 15) is 9.90 Å². The van der Waals surface area contributed by atoms with Crippen molar-refractivity contribution < 1.29 is 15.0 Å².